The molecule has 4 heterocycles. The summed E-state index contributed by atoms with van der Waals surface area (Å²) in [6.45, 7) is 2.73. The van der Waals surface area contributed by atoms with E-state index in [0.717, 1.165) is 68.1 Å². The van der Waals surface area contributed by atoms with Crippen LogP contribution in [0.15, 0.2) is 56.6 Å². The molecule has 1 aliphatic heterocycles. The zero-order valence-corrected chi connectivity index (χ0v) is 30.6. The van der Waals surface area contributed by atoms with Crippen LogP contribution >= 0.6 is 45.8 Å². The smallest absolute Gasteiger partial charge is 0.263 e. The third-order valence-corrected chi connectivity index (χ3v) is 13.4. The predicted molar refractivity (Wildman–Crippen MR) is 190 cm³/mol. The summed E-state index contributed by atoms with van der Waals surface area (Å²) in [6, 6.07) is 7.99. The summed E-state index contributed by atoms with van der Waals surface area (Å²) in [4.78, 5) is 3.07. The Morgan fingerprint density at radius 2 is 1.57 bits per heavy atom. The van der Waals surface area contributed by atoms with Gasteiger partial charge < -0.3 is 23.5 Å². The summed E-state index contributed by atoms with van der Waals surface area (Å²) in [5.74, 6) is 0.587. The van der Waals surface area contributed by atoms with E-state index in [4.69, 9.17) is 9.47 Å². The van der Waals surface area contributed by atoms with Gasteiger partial charge in [0.15, 0.2) is 6.54 Å². The van der Waals surface area contributed by atoms with Crippen LogP contribution in [0, 0.1) is 0 Å². The number of hydrogen-bond donors (Lipinski definition) is 0. The first-order valence-electron chi connectivity index (χ1n) is 14.6. The highest BCUT2D eigenvalue weighted by Crippen LogP contribution is 2.53. The number of ether oxygens (including phenoxy) is 2. The van der Waals surface area contributed by atoms with E-state index in [9.17, 15) is 25.9 Å². The third kappa shape index (κ3) is 7.20. The molecular formula is C31H31N2O8S6-. The van der Waals surface area contributed by atoms with Gasteiger partial charge in [0.1, 0.15) is 20.9 Å². The lowest BCUT2D eigenvalue weighted by Crippen LogP contribution is -2.36. The first kappa shape index (κ1) is 34.2. The van der Waals surface area contributed by atoms with Gasteiger partial charge in [0.25, 0.3) is 5.01 Å². The number of anilines is 1. The molecule has 2 aromatic carbocycles. The molecule has 10 nitrogen and oxygen atoms in total. The first-order valence-corrected chi connectivity index (χ1v) is 21.2. The topological polar surface area (TPSA) is 140 Å². The number of aromatic nitrogens is 1. The highest BCUT2D eigenvalue weighted by atomic mass is 32.2. The number of allylic oxidation sites excluding steroid dienone is 2. The van der Waals surface area contributed by atoms with Gasteiger partial charge in [-0.05, 0) is 53.4 Å². The van der Waals surface area contributed by atoms with Gasteiger partial charge in [0.05, 0.1) is 49.9 Å². The van der Waals surface area contributed by atoms with Gasteiger partial charge in [-0.25, -0.2) is 16.8 Å². The number of nitrogens with zero attached hydrogens (tertiary/aromatic N) is 2. The maximum absolute atomic E-state index is 11.5. The lowest BCUT2D eigenvalue weighted by molar-refractivity contribution is -0.667. The van der Waals surface area contributed by atoms with E-state index in [-0.39, 0.29) is 12.8 Å². The van der Waals surface area contributed by atoms with Gasteiger partial charge in [-0.15, -0.1) is 22.7 Å². The van der Waals surface area contributed by atoms with Crippen LogP contribution in [0.1, 0.15) is 31.2 Å². The summed E-state index contributed by atoms with van der Waals surface area (Å²) < 4.78 is 85.3. The normalized spacial score (nSPS) is 15.0. The monoisotopic (exact) mass is 751 g/mol. The molecule has 0 bridgehead atoms. The molecule has 47 heavy (non-hydrogen) atoms. The molecule has 0 amide bonds. The highest BCUT2D eigenvalue weighted by molar-refractivity contribution is 8.03. The molecule has 0 unspecified atom stereocenters. The van der Waals surface area contributed by atoms with Crippen LogP contribution in [0.3, 0.4) is 0 Å². The number of thioether (sulfide) groups is 1. The summed E-state index contributed by atoms with van der Waals surface area (Å²) in [7, 11) is -5.47. The number of fused-ring (bicyclic) bond motifs is 6. The van der Waals surface area contributed by atoms with Crippen LogP contribution in [0.5, 0.6) is 11.5 Å². The minimum atomic E-state index is -4.37. The molecule has 250 valence electrons. The number of thiazole rings is 1. The Hall–Kier alpha value is -2.70. The quantitative estimate of drug-likeness (QED) is 0.0937. The number of hydrogen-bond acceptors (Lipinski definition) is 13. The summed E-state index contributed by atoms with van der Waals surface area (Å²) in [5.41, 5.74) is 2.92. The van der Waals surface area contributed by atoms with Crippen molar-refractivity contribution in [2.45, 2.75) is 37.6 Å². The van der Waals surface area contributed by atoms with Crippen LogP contribution in [-0.2, 0) is 26.8 Å². The van der Waals surface area contributed by atoms with Crippen LogP contribution < -0.4 is 18.9 Å². The maximum Gasteiger partial charge on any atom is 0.263 e. The molecule has 0 fully saturated rings. The molecule has 1 aliphatic rings. The van der Waals surface area contributed by atoms with Crippen molar-refractivity contribution in [1.29, 1.82) is 0 Å². The van der Waals surface area contributed by atoms with E-state index in [1.165, 1.54) is 0 Å². The van der Waals surface area contributed by atoms with E-state index in [0.29, 0.717) is 19.5 Å². The molecule has 0 N–H and O–H groups in total. The van der Waals surface area contributed by atoms with Crippen LogP contribution in [-0.4, -0.2) is 58.2 Å². The lowest BCUT2D eigenvalue weighted by atomic mass is 10.1. The van der Waals surface area contributed by atoms with Crippen LogP contribution in [0.2, 0.25) is 0 Å². The summed E-state index contributed by atoms with van der Waals surface area (Å²) in [6.07, 6.45) is 5.18. The second-order valence-electron chi connectivity index (χ2n) is 10.8. The maximum atomic E-state index is 11.5. The average molecular weight is 752 g/mol. The van der Waals surface area contributed by atoms with E-state index in [1.807, 2.05) is 41.9 Å². The highest BCUT2D eigenvalue weighted by Gasteiger charge is 2.30. The molecule has 0 saturated carbocycles. The molecule has 0 spiro atoms. The molecule has 0 aliphatic carbocycles. The number of benzene rings is 2. The van der Waals surface area contributed by atoms with Gasteiger partial charge in [-0.3, -0.25) is 0 Å². The fraction of sp³-hybridized carbons (Fsp3) is 0.323. The summed E-state index contributed by atoms with van der Waals surface area (Å²) in [5, 5.41) is 7.71. The summed E-state index contributed by atoms with van der Waals surface area (Å²) >= 11 is 6.29. The zero-order chi connectivity index (χ0) is 33.5. The fourth-order valence-electron chi connectivity index (χ4n) is 5.71. The van der Waals surface area contributed by atoms with Crippen molar-refractivity contribution in [3.8, 4) is 11.5 Å². The van der Waals surface area contributed by atoms with Crippen molar-refractivity contribution >= 4 is 108 Å². The first-order chi connectivity index (χ1) is 22.4. The standard InChI is InChI=1S/C31H32N2O8S6/c1-4-19(15-26-32(9-5-13-46(34,35)36)28-24(44-26)17-22(40-2)20-7-11-42-30(20)28)16-27-33(10-6-14-47(37,38)39)29-25(45-27)18-23(41-3)21-8-12-43-31(21)29/h7-8,11-12,15-18H,4-6,9-10,13-14H2,1-3H3,(H-,34,35,36,37,38,39)/p-1. The minimum absolute atomic E-state index is 0.171. The zero-order valence-electron chi connectivity index (χ0n) is 25.7. The van der Waals surface area contributed by atoms with Crippen molar-refractivity contribution in [1.82, 2.24) is 0 Å². The Morgan fingerprint density at radius 1 is 0.936 bits per heavy atom. The van der Waals surface area contributed by atoms with E-state index < -0.39 is 31.7 Å². The van der Waals surface area contributed by atoms with Crippen LogP contribution in [0.25, 0.3) is 36.5 Å². The predicted octanol–water partition coefficient (Wildman–Crippen LogP) is 6.75. The number of thiophene rings is 2. The molecular weight excluding hydrogens is 721 g/mol. The Labute approximate surface area is 289 Å². The molecule has 6 rings (SSSR count). The second-order valence-corrected chi connectivity index (χ2v) is 17.8. The average Bonchev–Trinajstić information content (AvgIpc) is 3.80. The number of methoxy groups -OCH3 is 2. The third-order valence-electron chi connectivity index (χ3n) is 7.80. The molecule has 0 radical (unpaired) electrons. The Balaban J connectivity index is 1.46. The minimum Gasteiger partial charge on any atom is -0.748 e. The SMILES string of the molecule is CCC(=Cc1sc2cc(OC)c3ccsc3c2[n+]1CCCS(=O)(=O)[O-])C=C1Sc2cc(OC)c3ccsc3c2N1CCCS(=O)(=O)[O-]. The van der Waals surface area contributed by atoms with E-state index >= 15 is 0 Å². The fourth-order valence-corrected chi connectivity index (χ4v) is 11.1. The largest absolute Gasteiger partial charge is 0.748 e. The second kappa shape index (κ2) is 13.7. The van der Waals surface area contributed by atoms with Crippen molar-refractivity contribution in [3.63, 3.8) is 0 Å². The Bertz CT molecular complexity index is 2260. The molecule has 0 saturated heterocycles. The van der Waals surface area contributed by atoms with Crippen LogP contribution in [0.4, 0.5) is 5.69 Å². The Kier molecular flexibility index (Phi) is 9.93. The van der Waals surface area contributed by atoms with Gasteiger partial charge in [-0.2, -0.15) is 4.57 Å². The number of aryl methyl sites for hydroxylation is 1. The van der Waals surface area contributed by atoms with Gasteiger partial charge in [0.2, 0.25) is 5.52 Å². The number of rotatable bonds is 13. The van der Waals surface area contributed by atoms with Gasteiger partial charge >= 0.3 is 0 Å². The molecule has 3 aromatic heterocycles. The molecule has 5 aromatic rings. The van der Waals surface area contributed by atoms with Crippen molar-refractivity contribution in [3.05, 3.63) is 56.7 Å². The molecule has 16 heteroatoms. The van der Waals surface area contributed by atoms with Gasteiger partial charge in [-0.1, -0.05) is 30.0 Å². The lowest BCUT2D eigenvalue weighted by Gasteiger charge is -2.22. The molecule has 0 atom stereocenters. The van der Waals surface area contributed by atoms with Gasteiger partial charge in [0, 0.05) is 52.3 Å². The van der Waals surface area contributed by atoms with E-state index in [2.05, 4.69) is 21.6 Å². The Morgan fingerprint density at radius 3 is 2.23 bits per heavy atom. The van der Waals surface area contributed by atoms with Crippen molar-refractivity contribution < 1.29 is 40.0 Å². The van der Waals surface area contributed by atoms with Crippen molar-refractivity contribution in [2.75, 3.05) is 37.2 Å². The van der Waals surface area contributed by atoms with E-state index in [1.54, 1.807) is 60.0 Å². The van der Waals surface area contributed by atoms with Crippen molar-refractivity contribution in [2.24, 2.45) is 0 Å².